The van der Waals surface area contributed by atoms with E-state index in [2.05, 4.69) is 15.6 Å². The van der Waals surface area contributed by atoms with Crippen molar-refractivity contribution in [1.29, 1.82) is 0 Å². The fourth-order valence-corrected chi connectivity index (χ4v) is 3.50. The number of pyridine rings is 1. The molecule has 3 rings (SSSR count). The zero-order chi connectivity index (χ0) is 15.7. The molecule has 2 atom stereocenters. The molecule has 0 aromatic carbocycles. The van der Waals surface area contributed by atoms with Crippen molar-refractivity contribution in [3.63, 3.8) is 0 Å². The summed E-state index contributed by atoms with van der Waals surface area (Å²) in [6.45, 7) is 0. The van der Waals surface area contributed by atoms with E-state index in [1.165, 1.54) is 19.0 Å². The molecule has 22 heavy (non-hydrogen) atoms. The summed E-state index contributed by atoms with van der Waals surface area (Å²) in [4.78, 5) is 30.0. The van der Waals surface area contributed by atoms with Crippen LogP contribution in [0.5, 0.6) is 0 Å². The zero-order valence-corrected chi connectivity index (χ0v) is 13.0. The Kier molecular flexibility index (Phi) is 4.11. The van der Waals surface area contributed by atoms with E-state index < -0.39 is 0 Å². The van der Waals surface area contributed by atoms with Crippen LogP contribution in [-0.2, 0) is 0 Å². The Balaban J connectivity index is 1.69. The van der Waals surface area contributed by atoms with Crippen LogP contribution in [-0.4, -0.2) is 53.9 Å². The van der Waals surface area contributed by atoms with Crippen molar-refractivity contribution in [2.75, 3.05) is 14.1 Å². The van der Waals surface area contributed by atoms with Gasteiger partial charge in [0.15, 0.2) is 0 Å². The van der Waals surface area contributed by atoms with Crippen LogP contribution in [0.3, 0.4) is 0 Å². The molecule has 2 unspecified atom stereocenters. The van der Waals surface area contributed by atoms with Crippen LogP contribution >= 0.6 is 0 Å². The molecule has 6 nitrogen and oxygen atoms in total. The summed E-state index contributed by atoms with van der Waals surface area (Å²) in [5.41, 5.74) is 0.850. The smallest absolute Gasteiger partial charge is 0.269 e. The Morgan fingerprint density at radius 3 is 2.50 bits per heavy atom. The molecule has 1 aromatic rings. The van der Waals surface area contributed by atoms with E-state index in [4.69, 9.17) is 0 Å². The molecular formula is C16H22N4O2. The third-order valence-corrected chi connectivity index (χ3v) is 4.79. The molecule has 0 aliphatic carbocycles. The lowest BCUT2D eigenvalue weighted by Gasteiger charge is -2.35. The second kappa shape index (κ2) is 6.04. The molecule has 2 fully saturated rings. The van der Waals surface area contributed by atoms with E-state index in [0.717, 1.165) is 12.8 Å². The van der Waals surface area contributed by atoms with Crippen LogP contribution in [0.25, 0.3) is 0 Å². The molecule has 1 aromatic heterocycles. The normalized spacial score (nSPS) is 26.5. The monoisotopic (exact) mass is 302 g/mol. The van der Waals surface area contributed by atoms with E-state index in [1.807, 2.05) is 11.9 Å². The van der Waals surface area contributed by atoms with E-state index in [-0.39, 0.29) is 17.9 Å². The van der Waals surface area contributed by atoms with Gasteiger partial charge in [-0.2, -0.15) is 0 Å². The molecule has 0 radical (unpaired) electrons. The minimum absolute atomic E-state index is 0.0257. The Labute approximate surface area is 130 Å². The Morgan fingerprint density at radius 2 is 1.95 bits per heavy atom. The average Bonchev–Trinajstić information content (AvgIpc) is 2.90. The number of carbonyl (C=O) groups excluding carboxylic acids is 2. The molecule has 2 saturated heterocycles. The summed E-state index contributed by atoms with van der Waals surface area (Å²) in [6, 6.07) is 4.64. The van der Waals surface area contributed by atoms with Gasteiger partial charge in [-0.15, -0.1) is 0 Å². The molecule has 2 bridgehead atoms. The number of hydrogen-bond donors (Lipinski definition) is 2. The maximum absolute atomic E-state index is 12.6. The molecule has 0 spiro atoms. The summed E-state index contributed by atoms with van der Waals surface area (Å²) in [6.07, 6.45) is 5.95. The van der Waals surface area contributed by atoms with Crippen molar-refractivity contribution in [1.82, 2.24) is 20.5 Å². The maximum atomic E-state index is 12.6. The van der Waals surface area contributed by atoms with Gasteiger partial charge in [-0.05, 0) is 37.8 Å². The van der Waals surface area contributed by atoms with Crippen LogP contribution in [0.4, 0.5) is 0 Å². The summed E-state index contributed by atoms with van der Waals surface area (Å²) < 4.78 is 0. The third kappa shape index (κ3) is 2.83. The number of nitrogens with zero attached hydrogens (tertiary/aromatic N) is 2. The first-order valence-electron chi connectivity index (χ1n) is 7.80. The fraction of sp³-hybridized carbons (Fsp3) is 0.562. The van der Waals surface area contributed by atoms with Gasteiger partial charge in [0.2, 0.25) is 0 Å². The molecule has 2 aliphatic heterocycles. The lowest BCUT2D eigenvalue weighted by molar-refractivity contribution is 0.0680. The fourth-order valence-electron chi connectivity index (χ4n) is 3.50. The number of amides is 2. The van der Waals surface area contributed by atoms with Gasteiger partial charge in [0.05, 0.1) is 5.56 Å². The van der Waals surface area contributed by atoms with E-state index in [1.54, 1.807) is 19.2 Å². The van der Waals surface area contributed by atoms with Crippen LogP contribution in [0, 0.1) is 0 Å². The standard InChI is InChI=1S/C16H22N4O2/c1-17-15(21)14-6-3-10(9-18-14)16(22)20(2)13-7-11-4-5-12(8-13)19-11/h3,6,9,11-13,19H,4-5,7-8H2,1-2H3,(H,17,21). The topological polar surface area (TPSA) is 74.3 Å². The van der Waals surface area contributed by atoms with Crippen LogP contribution in [0.1, 0.15) is 46.5 Å². The highest BCUT2D eigenvalue weighted by Gasteiger charge is 2.36. The Bertz CT molecular complexity index is 560. The maximum Gasteiger partial charge on any atom is 0.269 e. The molecule has 2 aliphatic rings. The van der Waals surface area contributed by atoms with Crippen LogP contribution in [0.2, 0.25) is 0 Å². The van der Waals surface area contributed by atoms with Gasteiger partial charge in [-0.25, -0.2) is 0 Å². The molecule has 118 valence electrons. The molecule has 2 amide bonds. The van der Waals surface area contributed by atoms with Gasteiger partial charge in [0, 0.05) is 38.4 Å². The summed E-state index contributed by atoms with van der Waals surface area (Å²) in [5, 5.41) is 6.10. The Morgan fingerprint density at radius 1 is 1.27 bits per heavy atom. The van der Waals surface area contributed by atoms with Crippen molar-refractivity contribution in [2.24, 2.45) is 0 Å². The van der Waals surface area contributed by atoms with Crippen LogP contribution < -0.4 is 10.6 Å². The lowest BCUT2D eigenvalue weighted by Crippen LogP contribution is -2.48. The predicted octanol–water partition coefficient (Wildman–Crippen LogP) is 0.796. The second-order valence-electron chi connectivity index (χ2n) is 6.19. The van der Waals surface area contributed by atoms with Crippen molar-refractivity contribution in [2.45, 2.75) is 43.8 Å². The van der Waals surface area contributed by atoms with E-state index in [0.29, 0.717) is 23.3 Å². The molecule has 6 heteroatoms. The summed E-state index contributed by atoms with van der Waals surface area (Å²) >= 11 is 0. The highest BCUT2D eigenvalue weighted by molar-refractivity contribution is 5.96. The minimum atomic E-state index is -0.248. The number of piperidine rings is 1. The minimum Gasteiger partial charge on any atom is -0.354 e. The number of aromatic nitrogens is 1. The first-order valence-corrected chi connectivity index (χ1v) is 7.80. The number of hydrogen-bond acceptors (Lipinski definition) is 4. The van der Waals surface area contributed by atoms with Crippen LogP contribution in [0.15, 0.2) is 18.3 Å². The summed E-state index contributed by atoms with van der Waals surface area (Å²) in [5.74, 6) is -0.274. The van der Waals surface area contributed by atoms with Crippen molar-refractivity contribution in [3.05, 3.63) is 29.6 Å². The van der Waals surface area contributed by atoms with Crippen molar-refractivity contribution < 1.29 is 9.59 Å². The quantitative estimate of drug-likeness (QED) is 0.866. The third-order valence-electron chi connectivity index (χ3n) is 4.79. The van der Waals surface area contributed by atoms with Gasteiger partial charge >= 0.3 is 0 Å². The Hall–Kier alpha value is -1.95. The molecule has 2 N–H and O–H groups in total. The van der Waals surface area contributed by atoms with Gasteiger partial charge < -0.3 is 15.5 Å². The number of rotatable bonds is 3. The number of carbonyl (C=O) groups is 2. The van der Waals surface area contributed by atoms with Gasteiger partial charge in [0.25, 0.3) is 11.8 Å². The molecule has 3 heterocycles. The largest absolute Gasteiger partial charge is 0.354 e. The SMILES string of the molecule is CNC(=O)c1ccc(C(=O)N(C)C2CC3CCC(C2)N3)cn1. The van der Waals surface area contributed by atoms with Crippen molar-refractivity contribution in [3.8, 4) is 0 Å². The molecular weight excluding hydrogens is 280 g/mol. The number of fused-ring (bicyclic) bond motifs is 2. The van der Waals surface area contributed by atoms with E-state index >= 15 is 0 Å². The molecule has 0 saturated carbocycles. The van der Waals surface area contributed by atoms with Crippen molar-refractivity contribution >= 4 is 11.8 Å². The van der Waals surface area contributed by atoms with Gasteiger partial charge in [0.1, 0.15) is 5.69 Å². The first-order chi connectivity index (χ1) is 10.6. The van der Waals surface area contributed by atoms with Gasteiger partial charge in [-0.3, -0.25) is 14.6 Å². The average molecular weight is 302 g/mol. The second-order valence-corrected chi connectivity index (χ2v) is 6.19. The first kappa shape index (κ1) is 15.0. The highest BCUT2D eigenvalue weighted by atomic mass is 16.2. The van der Waals surface area contributed by atoms with Gasteiger partial charge in [-0.1, -0.05) is 0 Å². The lowest BCUT2D eigenvalue weighted by atomic mass is 9.98. The predicted molar refractivity (Wildman–Crippen MR) is 82.7 cm³/mol. The summed E-state index contributed by atoms with van der Waals surface area (Å²) in [7, 11) is 3.42. The highest BCUT2D eigenvalue weighted by Crippen LogP contribution is 2.29. The van der Waals surface area contributed by atoms with E-state index in [9.17, 15) is 9.59 Å². The zero-order valence-electron chi connectivity index (χ0n) is 13.0. The number of nitrogens with one attached hydrogen (secondary N) is 2.